The van der Waals surface area contributed by atoms with Crippen LogP contribution < -0.4 is 9.80 Å². The molecule has 0 saturated heterocycles. The van der Waals surface area contributed by atoms with Crippen molar-refractivity contribution in [3.05, 3.63) is 52.0 Å². The number of hydrogen-bond acceptors (Lipinski definition) is 6. The average Bonchev–Trinajstić information content (AvgIpc) is 3.33. The van der Waals surface area contributed by atoms with Crippen molar-refractivity contribution in [3.63, 3.8) is 0 Å². The maximum Gasteiger partial charge on any atom is 0.433 e. The molecule has 28 heavy (non-hydrogen) atoms. The zero-order chi connectivity index (χ0) is 20.3. The van der Waals surface area contributed by atoms with E-state index in [2.05, 4.69) is 4.98 Å². The van der Waals surface area contributed by atoms with Gasteiger partial charge in [0.15, 0.2) is 10.9 Å². The first-order valence-electron chi connectivity index (χ1n) is 8.89. The highest BCUT2D eigenvalue weighted by atomic mass is 32.1. The molecule has 1 amide bonds. The Morgan fingerprint density at radius 2 is 2.07 bits per heavy atom. The third-order valence-electron chi connectivity index (χ3n) is 4.51. The minimum absolute atomic E-state index is 0.152. The molecule has 2 heterocycles. The third kappa shape index (κ3) is 4.02. The highest BCUT2D eigenvalue weighted by Gasteiger charge is 2.27. The molecule has 0 aliphatic carbocycles. The van der Waals surface area contributed by atoms with Gasteiger partial charge >= 0.3 is 5.88 Å². The molecular weight excluding hydrogens is 387 g/mol. The van der Waals surface area contributed by atoms with Crippen LogP contribution in [0.1, 0.15) is 24.4 Å². The van der Waals surface area contributed by atoms with Crippen molar-refractivity contribution in [2.45, 2.75) is 13.8 Å². The summed E-state index contributed by atoms with van der Waals surface area (Å²) in [4.78, 5) is 30.1. The minimum atomic E-state index is -0.700. The highest BCUT2D eigenvalue weighted by molar-refractivity contribution is 7.22. The van der Waals surface area contributed by atoms with Gasteiger partial charge in [-0.05, 0) is 32.0 Å². The zero-order valence-corrected chi connectivity index (χ0v) is 16.3. The number of nitro groups is 1. The Hall–Kier alpha value is -2.85. The molecule has 0 spiro atoms. The number of aromatic nitrogens is 1. The van der Waals surface area contributed by atoms with Crippen LogP contribution >= 0.6 is 11.3 Å². The Labute approximate surface area is 164 Å². The molecule has 3 aromatic rings. The fourth-order valence-corrected chi connectivity index (χ4v) is 3.85. The predicted octanol–water partition coefficient (Wildman–Crippen LogP) is 2.51. The maximum atomic E-state index is 14.0. The predicted molar refractivity (Wildman–Crippen MR) is 104 cm³/mol. The molecule has 8 nitrogen and oxygen atoms in total. The second-order valence-electron chi connectivity index (χ2n) is 6.14. The van der Waals surface area contributed by atoms with Crippen LogP contribution in [0.4, 0.5) is 15.4 Å². The molecule has 0 bridgehead atoms. The van der Waals surface area contributed by atoms with Gasteiger partial charge in [-0.2, -0.15) is 0 Å². The van der Waals surface area contributed by atoms with Gasteiger partial charge in [0.1, 0.15) is 16.3 Å². The van der Waals surface area contributed by atoms with Gasteiger partial charge in [-0.1, -0.05) is 17.4 Å². The number of carbonyl (C=O) groups is 1. The lowest BCUT2D eigenvalue weighted by atomic mass is 10.3. The number of thiazole rings is 1. The number of anilines is 1. The largest absolute Gasteiger partial charge is 0.433 e. The Kier molecular flexibility index (Phi) is 6.00. The van der Waals surface area contributed by atoms with E-state index in [1.165, 1.54) is 33.3 Å². The summed E-state index contributed by atoms with van der Waals surface area (Å²) < 4.78 is 19.7. The second kappa shape index (κ2) is 8.44. The van der Waals surface area contributed by atoms with Crippen LogP contribution in [0.3, 0.4) is 0 Å². The van der Waals surface area contributed by atoms with E-state index in [0.717, 1.165) is 19.2 Å². The molecule has 1 aromatic carbocycles. The van der Waals surface area contributed by atoms with E-state index in [-0.39, 0.29) is 11.3 Å². The van der Waals surface area contributed by atoms with E-state index in [4.69, 9.17) is 4.42 Å². The number of rotatable bonds is 8. The van der Waals surface area contributed by atoms with Gasteiger partial charge in [0.2, 0.25) is 0 Å². The highest BCUT2D eigenvalue weighted by Crippen LogP contribution is 2.31. The fourth-order valence-electron chi connectivity index (χ4n) is 2.85. The molecule has 148 valence electrons. The topological polar surface area (TPSA) is 93.9 Å². The van der Waals surface area contributed by atoms with Gasteiger partial charge in [0.25, 0.3) is 5.91 Å². The number of hydrogen-bond donors (Lipinski definition) is 1. The van der Waals surface area contributed by atoms with Crippen LogP contribution in [0.2, 0.25) is 0 Å². The van der Waals surface area contributed by atoms with Gasteiger partial charge in [0, 0.05) is 0 Å². The molecule has 3 rings (SSSR count). The minimum Gasteiger partial charge on any atom is -0.395 e. The van der Waals surface area contributed by atoms with Gasteiger partial charge < -0.3 is 9.32 Å². The van der Waals surface area contributed by atoms with Crippen LogP contribution in [-0.2, 0) is 0 Å². The van der Waals surface area contributed by atoms with Crippen molar-refractivity contribution in [3.8, 4) is 0 Å². The molecule has 1 N–H and O–H groups in total. The SMILES string of the molecule is CC[NH+](CC)CCN(C(=O)c1ccc([N+](=O)[O-])o1)c1nc2c(F)cccc2s1. The number of fused-ring (bicyclic) bond motifs is 1. The summed E-state index contributed by atoms with van der Waals surface area (Å²) in [6.45, 7) is 6.85. The van der Waals surface area contributed by atoms with Crippen molar-refractivity contribution in [2.75, 3.05) is 31.1 Å². The van der Waals surface area contributed by atoms with Crippen molar-refractivity contribution < 1.29 is 23.4 Å². The standard InChI is InChI=1S/C18H19FN4O4S/c1-3-21(4-2)10-11-22(17(24)13-8-9-15(27-13)23(25)26)18-20-16-12(19)6-5-7-14(16)28-18/h5-9H,3-4,10-11H2,1-2H3/p+1. The summed E-state index contributed by atoms with van der Waals surface area (Å²) in [5.41, 5.74) is 0.195. The monoisotopic (exact) mass is 407 g/mol. The fraction of sp³-hybridized carbons (Fsp3) is 0.333. The number of nitrogens with zero attached hydrogens (tertiary/aromatic N) is 3. The summed E-state index contributed by atoms with van der Waals surface area (Å²) in [5.74, 6) is -1.66. The number of nitrogens with one attached hydrogen (secondary N) is 1. The normalized spacial score (nSPS) is 11.3. The Bertz CT molecular complexity index is 999. The van der Waals surface area contributed by atoms with Gasteiger partial charge in [-0.15, -0.1) is 0 Å². The summed E-state index contributed by atoms with van der Waals surface area (Å²) in [6.07, 6.45) is 0. The molecule has 10 heteroatoms. The average molecular weight is 407 g/mol. The summed E-state index contributed by atoms with van der Waals surface area (Å²) in [5, 5.41) is 11.2. The van der Waals surface area contributed by atoms with E-state index in [0.29, 0.717) is 22.9 Å². The number of amides is 1. The van der Waals surface area contributed by atoms with E-state index >= 15 is 0 Å². The molecule has 0 unspecified atom stereocenters. The lowest BCUT2D eigenvalue weighted by Crippen LogP contribution is -3.12. The number of quaternary nitrogens is 1. The number of para-hydroxylation sites is 1. The smallest absolute Gasteiger partial charge is 0.395 e. The molecule has 0 aliphatic rings. The number of halogens is 1. The molecule has 2 aromatic heterocycles. The van der Waals surface area contributed by atoms with Crippen molar-refractivity contribution in [1.82, 2.24) is 4.98 Å². The van der Waals surface area contributed by atoms with Crippen LogP contribution in [0.15, 0.2) is 34.7 Å². The molecule has 0 radical (unpaired) electrons. The maximum absolute atomic E-state index is 14.0. The first-order chi connectivity index (χ1) is 13.4. The quantitative estimate of drug-likeness (QED) is 0.457. The molecular formula is C18H20FN4O4S+. The third-order valence-corrected chi connectivity index (χ3v) is 5.55. The van der Waals surface area contributed by atoms with Crippen molar-refractivity contribution >= 4 is 38.5 Å². The summed E-state index contributed by atoms with van der Waals surface area (Å²) >= 11 is 1.19. The van der Waals surface area contributed by atoms with E-state index in [1.54, 1.807) is 12.1 Å². The number of likely N-dealkylation sites (N-methyl/N-ethyl adjacent to an activating group) is 1. The van der Waals surface area contributed by atoms with Gasteiger partial charge in [0.05, 0.1) is 36.9 Å². The molecule has 0 aliphatic heterocycles. The lowest BCUT2D eigenvalue weighted by molar-refractivity contribution is -0.894. The summed E-state index contributed by atoms with van der Waals surface area (Å²) in [7, 11) is 0. The number of furan rings is 1. The molecule has 0 fully saturated rings. The van der Waals surface area contributed by atoms with Gasteiger partial charge in [-0.3, -0.25) is 19.8 Å². The van der Waals surface area contributed by atoms with E-state index in [9.17, 15) is 19.3 Å². The van der Waals surface area contributed by atoms with Gasteiger partial charge in [-0.25, -0.2) is 9.37 Å². The Morgan fingerprint density at radius 3 is 2.68 bits per heavy atom. The van der Waals surface area contributed by atoms with Crippen molar-refractivity contribution in [2.24, 2.45) is 0 Å². The Morgan fingerprint density at radius 1 is 1.32 bits per heavy atom. The second-order valence-corrected chi connectivity index (χ2v) is 7.15. The van der Waals surface area contributed by atoms with E-state index in [1.807, 2.05) is 13.8 Å². The Balaban J connectivity index is 1.96. The lowest BCUT2D eigenvalue weighted by Gasteiger charge is -2.22. The van der Waals surface area contributed by atoms with E-state index < -0.39 is 22.5 Å². The molecule has 0 atom stereocenters. The number of benzene rings is 1. The van der Waals surface area contributed by atoms with Crippen LogP contribution in [0.5, 0.6) is 0 Å². The van der Waals surface area contributed by atoms with Crippen LogP contribution in [-0.4, -0.2) is 42.0 Å². The first kappa shape index (κ1) is 19.9. The van der Waals surface area contributed by atoms with Crippen molar-refractivity contribution in [1.29, 1.82) is 0 Å². The van der Waals surface area contributed by atoms with Crippen LogP contribution in [0, 0.1) is 15.9 Å². The molecule has 0 saturated carbocycles. The number of carbonyl (C=O) groups excluding carboxylic acids is 1. The summed E-state index contributed by atoms with van der Waals surface area (Å²) in [6, 6.07) is 7.04. The van der Waals surface area contributed by atoms with Crippen LogP contribution in [0.25, 0.3) is 10.2 Å². The first-order valence-corrected chi connectivity index (χ1v) is 9.71. The zero-order valence-electron chi connectivity index (χ0n) is 15.5.